The highest BCUT2D eigenvalue weighted by Crippen LogP contribution is 2.24. The molecule has 0 bridgehead atoms. The van der Waals surface area contributed by atoms with Crippen molar-refractivity contribution in [2.24, 2.45) is 0 Å². The van der Waals surface area contributed by atoms with Gasteiger partial charge in [-0.15, -0.1) is 0 Å². The molecule has 0 amide bonds. The first kappa shape index (κ1) is 10.3. The van der Waals surface area contributed by atoms with Gasteiger partial charge in [-0.05, 0) is 25.0 Å². The van der Waals surface area contributed by atoms with Gasteiger partial charge >= 0.3 is 0 Å². The third-order valence-corrected chi connectivity index (χ3v) is 3.16. The van der Waals surface area contributed by atoms with Crippen molar-refractivity contribution in [2.75, 3.05) is 18.0 Å². The maximum Gasteiger partial charge on any atom is 0.131 e. The molecule has 1 unspecified atom stereocenters. The number of hydrogen-bond donors (Lipinski definition) is 0. The summed E-state index contributed by atoms with van der Waals surface area (Å²) < 4.78 is 2.07. The molecule has 2 aromatic heterocycles. The molecule has 2 aromatic rings. The standard InChI is InChI=1S/C12H15N5/c1-10-6-15-17(7-10)11-3-5-16(8-11)12-2-4-13-9-14-12/h2,4,6-7,9,11H,3,5,8H2,1H3. The van der Waals surface area contributed by atoms with Crippen molar-refractivity contribution in [1.82, 2.24) is 19.7 Å². The summed E-state index contributed by atoms with van der Waals surface area (Å²) in [6.07, 6.45) is 8.51. The maximum absolute atomic E-state index is 4.38. The van der Waals surface area contributed by atoms with Crippen LogP contribution in [0.4, 0.5) is 5.82 Å². The fourth-order valence-corrected chi connectivity index (χ4v) is 2.27. The quantitative estimate of drug-likeness (QED) is 0.781. The molecule has 1 aliphatic heterocycles. The average molecular weight is 229 g/mol. The van der Waals surface area contributed by atoms with Crippen LogP contribution < -0.4 is 4.90 Å². The second kappa shape index (κ2) is 4.16. The summed E-state index contributed by atoms with van der Waals surface area (Å²) in [5.41, 5.74) is 1.21. The van der Waals surface area contributed by atoms with E-state index in [0.29, 0.717) is 6.04 Å². The van der Waals surface area contributed by atoms with Crippen LogP contribution in [0.2, 0.25) is 0 Å². The highest BCUT2D eigenvalue weighted by molar-refractivity contribution is 5.38. The van der Waals surface area contributed by atoms with Gasteiger partial charge in [0.1, 0.15) is 12.1 Å². The van der Waals surface area contributed by atoms with Crippen molar-refractivity contribution >= 4 is 5.82 Å². The molecule has 0 N–H and O–H groups in total. The molecule has 88 valence electrons. The first-order valence-corrected chi connectivity index (χ1v) is 5.84. The van der Waals surface area contributed by atoms with Crippen LogP contribution in [0.15, 0.2) is 31.0 Å². The molecule has 1 aliphatic rings. The average Bonchev–Trinajstić information content (AvgIpc) is 2.98. The smallest absolute Gasteiger partial charge is 0.131 e. The van der Waals surface area contributed by atoms with Crippen LogP contribution in [0.25, 0.3) is 0 Å². The summed E-state index contributed by atoms with van der Waals surface area (Å²) >= 11 is 0. The molecule has 0 saturated carbocycles. The Kier molecular flexibility index (Phi) is 2.51. The van der Waals surface area contributed by atoms with Gasteiger partial charge in [0, 0.05) is 25.5 Å². The van der Waals surface area contributed by atoms with E-state index in [1.54, 1.807) is 12.5 Å². The molecule has 17 heavy (non-hydrogen) atoms. The summed E-state index contributed by atoms with van der Waals surface area (Å²) in [6.45, 7) is 4.07. The molecule has 0 spiro atoms. The van der Waals surface area contributed by atoms with E-state index in [1.807, 2.05) is 12.3 Å². The number of nitrogens with zero attached hydrogens (tertiary/aromatic N) is 5. The predicted molar refractivity (Wildman–Crippen MR) is 64.9 cm³/mol. The number of anilines is 1. The predicted octanol–water partition coefficient (Wildman–Crippen LogP) is 1.43. The molecule has 0 radical (unpaired) electrons. The van der Waals surface area contributed by atoms with Crippen LogP contribution in [0.5, 0.6) is 0 Å². The van der Waals surface area contributed by atoms with Gasteiger partial charge < -0.3 is 4.90 Å². The molecule has 5 heteroatoms. The Balaban J connectivity index is 1.74. The largest absolute Gasteiger partial charge is 0.354 e. The van der Waals surface area contributed by atoms with E-state index < -0.39 is 0 Å². The Morgan fingerprint density at radius 3 is 3.06 bits per heavy atom. The third kappa shape index (κ3) is 2.00. The van der Waals surface area contributed by atoms with Gasteiger partial charge in [0.2, 0.25) is 0 Å². The van der Waals surface area contributed by atoms with Gasteiger partial charge in [-0.25, -0.2) is 9.97 Å². The molecular weight excluding hydrogens is 214 g/mol. The minimum absolute atomic E-state index is 0.457. The van der Waals surface area contributed by atoms with E-state index in [1.165, 1.54) is 5.56 Å². The molecule has 3 rings (SSSR count). The molecule has 3 heterocycles. The van der Waals surface area contributed by atoms with Gasteiger partial charge in [0.15, 0.2) is 0 Å². The minimum atomic E-state index is 0.457. The lowest BCUT2D eigenvalue weighted by molar-refractivity contribution is 0.494. The Bertz CT molecular complexity index is 493. The van der Waals surface area contributed by atoms with Crippen LogP contribution in [0.3, 0.4) is 0 Å². The van der Waals surface area contributed by atoms with Crippen LogP contribution >= 0.6 is 0 Å². The number of aromatic nitrogens is 4. The lowest BCUT2D eigenvalue weighted by Gasteiger charge is -2.16. The zero-order valence-electron chi connectivity index (χ0n) is 9.82. The summed E-state index contributed by atoms with van der Waals surface area (Å²) in [4.78, 5) is 10.5. The highest BCUT2D eigenvalue weighted by atomic mass is 15.3. The Morgan fingerprint density at radius 2 is 2.35 bits per heavy atom. The number of rotatable bonds is 2. The number of aryl methyl sites for hydroxylation is 1. The molecule has 1 atom stereocenters. The van der Waals surface area contributed by atoms with Crippen LogP contribution in [-0.4, -0.2) is 32.8 Å². The van der Waals surface area contributed by atoms with E-state index in [9.17, 15) is 0 Å². The van der Waals surface area contributed by atoms with E-state index in [2.05, 4.69) is 37.8 Å². The molecule has 5 nitrogen and oxygen atoms in total. The number of hydrogen-bond acceptors (Lipinski definition) is 4. The Morgan fingerprint density at radius 1 is 1.41 bits per heavy atom. The second-order valence-electron chi connectivity index (χ2n) is 4.45. The van der Waals surface area contributed by atoms with Crippen LogP contribution in [0, 0.1) is 6.92 Å². The van der Waals surface area contributed by atoms with E-state index in [0.717, 1.165) is 25.3 Å². The summed E-state index contributed by atoms with van der Waals surface area (Å²) in [7, 11) is 0. The Hall–Kier alpha value is -1.91. The molecule has 1 saturated heterocycles. The Labute approximate surface area is 100 Å². The summed E-state index contributed by atoms with van der Waals surface area (Å²) in [5, 5.41) is 4.38. The fourth-order valence-electron chi connectivity index (χ4n) is 2.27. The van der Waals surface area contributed by atoms with Crippen molar-refractivity contribution < 1.29 is 0 Å². The van der Waals surface area contributed by atoms with Crippen molar-refractivity contribution in [3.8, 4) is 0 Å². The fraction of sp³-hybridized carbons (Fsp3) is 0.417. The van der Waals surface area contributed by atoms with Crippen LogP contribution in [-0.2, 0) is 0 Å². The lowest BCUT2D eigenvalue weighted by Crippen LogP contribution is -2.21. The monoisotopic (exact) mass is 229 g/mol. The molecule has 0 aliphatic carbocycles. The van der Waals surface area contributed by atoms with Crippen molar-refractivity contribution in [2.45, 2.75) is 19.4 Å². The van der Waals surface area contributed by atoms with Crippen molar-refractivity contribution in [3.63, 3.8) is 0 Å². The lowest BCUT2D eigenvalue weighted by atomic mass is 10.3. The SMILES string of the molecule is Cc1cnn(C2CCN(c3ccncn3)C2)c1. The normalized spacial score (nSPS) is 19.8. The first-order valence-electron chi connectivity index (χ1n) is 5.84. The van der Waals surface area contributed by atoms with E-state index in [4.69, 9.17) is 0 Å². The highest BCUT2D eigenvalue weighted by Gasteiger charge is 2.25. The zero-order chi connectivity index (χ0) is 11.7. The molecule has 1 fully saturated rings. The van der Waals surface area contributed by atoms with E-state index in [-0.39, 0.29) is 0 Å². The van der Waals surface area contributed by atoms with Gasteiger partial charge in [-0.2, -0.15) is 5.10 Å². The van der Waals surface area contributed by atoms with E-state index >= 15 is 0 Å². The summed E-state index contributed by atoms with van der Waals surface area (Å²) in [5.74, 6) is 1.01. The van der Waals surface area contributed by atoms with Gasteiger partial charge in [0.05, 0.1) is 12.2 Å². The van der Waals surface area contributed by atoms with Gasteiger partial charge in [0.25, 0.3) is 0 Å². The first-order chi connectivity index (χ1) is 8.33. The zero-order valence-corrected chi connectivity index (χ0v) is 9.82. The topological polar surface area (TPSA) is 46.8 Å². The maximum atomic E-state index is 4.38. The van der Waals surface area contributed by atoms with Gasteiger partial charge in [-0.1, -0.05) is 0 Å². The molecule has 0 aromatic carbocycles. The van der Waals surface area contributed by atoms with Crippen molar-refractivity contribution in [3.05, 3.63) is 36.5 Å². The minimum Gasteiger partial charge on any atom is -0.354 e. The second-order valence-corrected chi connectivity index (χ2v) is 4.45. The van der Waals surface area contributed by atoms with Gasteiger partial charge in [-0.3, -0.25) is 4.68 Å². The summed E-state index contributed by atoms with van der Waals surface area (Å²) in [6, 6.07) is 2.41. The van der Waals surface area contributed by atoms with Crippen LogP contribution in [0.1, 0.15) is 18.0 Å². The third-order valence-electron chi connectivity index (χ3n) is 3.16. The molecular formula is C12H15N5. The van der Waals surface area contributed by atoms with Crippen molar-refractivity contribution in [1.29, 1.82) is 0 Å².